The minimum atomic E-state index is -0.154. The number of nitrogens with one attached hydrogen (secondary N) is 2. The maximum atomic E-state index is 12.4. The van der Waals surface area contributed by atoms with Crippen LogP contribution in [0.25, 0.3) is 10.8 Å². The van der Waals surface area contributed by atoms with Crippen molar-refractivity contribution in [1.29, 1.82) is 0 Å². The van der Waals surface area contributed by atoms with E-state index in [1.807, 2.05) is 60.7 Å². The highest BCUT2D eigenvalue weighted by molar-refractivity contribution is 5.98. The monoisotopic (exact) mass is 445 g/mol. The van der Waals surface area contributed by atoms with Crippen LogP contribution in [0.2, 0.25) is 0 Å². The molecule has 4 rings (SSSR count). The van der Waals surface area contributed by atoms with Crippen molar-refractivity contribution < 1.29 is 14.3 Å². The largest absolute Gasteiger partial charge is 0.496 e. The quantitative estimate of drug-likeness (QED) is 0.554. The first-order valence-corrected chi connectivity index (χ1v) is 11.5. The Morgan fingerprint density at radius 2 is 1.70 bits per heavy atom. The van der Waals surface area contributed by atoms with E-state index < -0.39 is 0 Å². The van der Waals surface area contributed by atoms with Gasteiger partial charge in [0.05, 0.1) is 7.11 Å². The summed E-state index contributed by atoms with van der Waals surface area (Å²) in [7, 11) is 1.70. The molecule has 0 saturated carbocycles. The zero-order valence-corrected chi connectivity index (χ0v) is 19.0. The van der Waals surface area contributed by atoms with Gasteiger partial charge >= 0.3 is 0 Å². The highest BCUT2D eigenvalue weighted by atomic mass is 16.5. The van der Waals surface area contributed by atoms with E-state index in [0.29, 0.717) is 12.1 Å². The number of hydrogen-bond donors (Lipinski definition) is 2. The molecule has 172 valence electrons. The van der Waals surface area contributed by atoms with Gasteiger partial charge in [-0.3, -0.25) is 14.5 Å². The number of likely N-dealkylation sites (tertiary alicyclic amines) is 1. The van der Waals surface area contributed by atoms with Crippen molar-refractivity contribution in [1.82, 2.24) is 15.5 Å². The molecule has 6 nitrogen and oxygen atoms in total. The van der Waals surface area contributed by atoms with Gasteiger partial charge in [0.15, 0.2) is 0 Å². The van der Waals surface area contributed by atoms with Crippen LogP contribution in [0.15, 0.2) is 66.7 Å². The molecule has 33 heavy (non-hydrogen) atoms. The molecule has 1 fully saturated rings. The van der Waals surface area contributed by atoms with Gasteiger partial charge in [0.2, 0.25) is 5.91 Å². The number of ether oxygens (including phenoxy) is 1. The lowest BCUT2D eigenvalue weighted by Gasteiger charge is -2.32. The number of benzene rings is 3. The summed E-state index contributed by atoms with van der Waals surface area (Å²) in [5, 5.41) is 8.11. The Morgan fingerprint density at radius 3 is 2.48 bits per heavy atom. The SMILES string of the molecule is COc1ccccc1CN1CCC(NC(=O)CCNC(=O)c2ccc3ccccc3c2)CC1. The Morgan fingerprint density at radius 1 is 0.970 bits per heavy atom. The summed E-state index contributed by atoms with van der Waals surface area (Å²) in [6, 6.07) is 21.9. The van der Waals surface area contributed by atoms with Crippen LogP contribution in [0.5, 0.6) is 5.75 Å². The first kappa shape index (κ1) is 22.8. The summed E-state index contributed by atoms with van der Waals surface area (Å²) in [6.45, 7) is 3.04. The Balaban J connectivity index is 1.17. The fourth-order valence-electron chi connectivity index (χ4n) is 4.33. The van der Waals surface area contributed by atoms with Crippen molar-refractivity contribution in [2.45, 2.75) is 31.8 Å². The zero-order valence-electron chi connectivity index (χ0n) is 19.0. The molecule has 0 aliphatic carbocycles. The van der Waals surface area contributed by atoms with E-state index in [1.165, 1.54) is 5.56 Å². The summed E-state index contributed by atoms with van der Waals surface area (Å²) in [6.07, 6.45) is 2.12. The molecule has 0 bridgehead atoms. The lowest BCUT2D eigenvalue weighted by atomic mass is 10.0. The van der Waals surface area contributed by atoms with Gasteiger partial charge in [0, 0.05) is 49.8 Å². The Kier molecular flexibility index (Phi) is 7.58. The molecule has 3 aromatic carbocycles. The molecular weight excluding hydrogens is 414 g/mol. The first-order valence-electron chi connectivity index (χ1n) is 11.5. The predicted molar refractivity (Wildman–Crippen MR) is 130 cm³/mol. The maximum absolute atomic E-state index is 12.4. The van der Waals surface area contributed by atoms with Gasteiger partial charge < -0.3 is 15.4 Å². The average molecular weight is 446 g/mol. The fraction of sp³-hybridized carbons (Fsp3) is 0.333. The van der Waals surface area contributed by atoms with Gasteiger partial charge in [0.1, 0.15) is 5.75 Å². The number of fused-ring (bicyclic) bond motifs is 1. The molecule has 0 atom stereocenters. The van der Waals surface area contributed by atoms with Gasteiger partial charge in [-0.25, -0.2) is 0 Å². The fourth-order valence-corrected chi connectivity index (χ4v) is 4.33. The lowest BCUT2D eigenvalue weighted by molar-refractivity contribution is -0.122. The number of carbonyl (C=O) groups excluding carboxylic acids is 2. The van der Waals surface area contributed by atoms with Crippen LogP contribution in [0.4, 0.5) is 0 Å². The molecule has 3 aromatic rings. The molecule has 1 aliphatic heterocycles. The predicted octanol–water partition coefficient (Wildman–Crippen LogP) is 3.75. The van der Waals surface area contributed by atoms with E-state index in [0.717, 1.165) is 49.0 Å². The molecule has 2 N–H and O–H groups in total. The molecule has 1 aliphatic rings. The van der Waals surface area contributed by atoms with Crippen LogP contribution >= 0.6 is 0 Å². The lowest BCUT2D eigenvalue weighted by Crippen LogP contribution is -2.45. The van der Waals surface area contributed by atoms with Gasteiger partial charge in [0.25, 0.3) is 5.91 Å². The van der Waals surface area contributed by atoms with E-state index in [2.05, 4.69) is 21.6 Å². The molecule has 1 saturated heterocycles. The third-order valence-corrected chi connectivity index (χ3v) is 6.19. The smallest absolute Gasteiger partial charge is 0.251 e. The topological polar surface area (TPSA) is 70.7 Å². The number of nitrogens with zero attached hydrogens (tertiary/aromatic N) is 1. The van der Waals surface area contributed by atoms with Crippen LogP contribution in [0.1, 0.15) is 35.2 Å². The second-order valence-electron chi connectivity index (χ2n) is 8.50. The van der Waals surface area contributed by atoms with Crippen molar-refractivity contribution in [2.24, 2.45) is 0 Å². The van der Waals surface area contributed by atoms with Crippen molar-refractivity contribution in [3.05, 3.63) is 77.9 Å². The number of para-hydroxylation sites is 1. The highest BCUT2D eigenvalue weighted by Gasteiger charge is 2.21. The van der Waals surface area contributed by atoms with Crippen LogP contribution in [-0.4, -0.2) is 49.5 Å². The van der Waals surface area contributed by atoms with Crippen LogP contribution in [-0.2, 0) is 11.3 Å². The summed E-state index contributed by atoms with van der Waals surface area (Å²) in [4.78, 5) is 27.2. The van der Waals surface area contributed by atoms with Gasteiger partial charge in [-0.2, -0.15) is 0 Å². The van der Waals surface area contributed by atoms with E-state index in [1.54, 1.807) is 7.11 Å². The number of amides is 2. The highest BCUT2D eigenvalue weighted by Crippen LogP contribution is 2.21. The van der Waals surface area contributed by atoms with Crippen LogP contribution < -0.4 is 15.4 Å². The minimum Gasteiger partial charge on any atom is -0.496 e. The summed E-state index contributed by atoms with van der Waals surface area (Å²) in [5.74, 6) is 0.744. The number of carbonyl (C=O) groups is 2. The molecule has 0 aromatic heterocycles. The van der Waals surface area contributed by atoms with E-state index in [9.17, 15) is 9.59 Å². The summed E-state index contributed by atoms with van der Waals surface area (Å²) in [5.41, 5.74) is 1.79. The van der Waals surface area contributed by atoms with E-state index in [4.69, 9.17) is 4.74 Å². The molecule has 2 amide bonds. The summed E-state index contributed by atoms with van der Waals surface area (Å²) < 4.78 is 5.45. The number of rotatable bonds is 8. The van der Waals surface area contributed by atoms with Gasteiger partial charge in [-0.1, -0.05) is 48.5 Å². The average Bonchev–Trinajstić information content (AvgIpc) is 2.85. The van der Waals surface area contributed by atoms with Crippen molar-refractivity contribution >= 4 is 22.6 Å². The second kappa shape index (κ2) is 11.0. The number of methoxy groups -OCH3 is 1. The Hall–Kier alpha value is -3.38. The normalized spacial score (nSPS) is 14.7. The standard InChI is InChI=1S/C27H31N3O3/c1-33-25-9-5-4-8-23(25)19-30-16-13-24(14-17-30)29-26(31)12-15-28-27(32)22-11-10-20-6-2-3-7-21(20)18-22/h2-11,18,24H,12-17,19H2,1H3,(H,28,32)(H,29,31). The van der Waals surface area contributed by atoms with Crippen LogP contribution in [0, 0.1) is 0 Å². The third-order valence-electron chi connectivity index (χ3n) is 6.19. The zero-order chi connectivity index (χ0) is 23.0. The Bertz CT molecular complexity index is 1110. The van der Waals surface area contributed by atoms with Crippen molar-refractivity contribution in [3.8, 4) is 5.75 Å². The van der Waals surface area contributed by atoms with E-state index >= 15 is 0 Å². The first-order chi connectivity index (χ1) is 16.1. The van der Waals surface area contributed by atoms with Gasteiger partial charge in [-0.15, -0.1) is 0 Å². The molecular formula is C27H31N3O3. The Labute approximate surface area is 194 Å². The molecule has 1 heterocycles. The molecule has 0 spiro atoms. The molecule has 0 unspecified atom stereocenters. The van der Waals surface area contributed by atoms with Crippen LogP contribution in [0.3, 0.4) is 0 Å². The molecule has 6 heteroatoms. The van der Waals surface area contributed by atoms with Crippen molar-refractivity contribution in [2.75, 3.05) is 26.7 Å². The maximum Gasteiger partial charge on any atom is 0.251 e. The minimum absolute atomic E-state index is 0.0167. The second-order valence-corrected chi connectivity index (χ2v) is 8.50. The number of hydrogen-bond acceptors (Lipinski definition) is 4. The summed E-state index contributed by atoms with van der Waals surface area (Å²) >= 11 is 0. The van der Waals surface area contributed by atoms with Crippen molar-refractivity contribution in [3.63, 3.8) is 0 Å². The van der Waals surface area contributed by atoms with E-state index in [-0.39, 0.29) is 24.3 Å². The number of piperidine rings is 1. The third kappa shape index (κ3) is 6.11. The molecule has 0 radical (unpaired) electrons. The van der Waals surface area contributed by atoms with Gasteiger partial charge in [-0.05, 0) is 41.8 Å².